The van der Waals surface area contributed by atoms with E-state index in [1.165, 1.54) is 40.3 Å². The molecule has 11 nitrogen and oxygen atoms in total. The summed E-state index contributed by atoms with van der Waals surface area (Å²) in [6.45, 7) is 0. The third kappa shape index (κ3) is 3.61. The first-order valence-electron chi connectivity index (χ1n) is 7.35. The number of sulfonamides is 2. The van der Waals surface area contributed by atoms with Crippen LogP contribution in [0.15, 0.2) is 33.7 Å². The van der Waals surface area contributed by atoms with E-state index in [0.717, 1.165) is 15.3 Å². The van der Waals surface area contributed by atoms with E-state index in [9.17, 15) is 31.5 Å². The second kappa shape index (κ2) is 6.83. The number of amides is 2. The molecule has 0 aromatic heterocycles. The van der Waals surface area contributed by atoms with Gasteiger partial charge in [-0.1, -0.05) is 6.07 Å². The number of carbonyl (C=O) groups is 2. The maximum atomic E-state index is 12.3. The molecule has 1 aliphatic heterocycles. The van der Waals surface area contributed by atoms with E-state index in [-0.39, 0.29) is 5.69 Å². The summed E-state index contributed by atoms with van der Waals surface area (Å²) < 4.78 is 51.2. The quantitative estimate of drug-likeness (QED) is 0.505. The minimum atomic E-state index is -4.40. The molecular formula is C14H18N4O7S2. The van der Waals surface area contributed by atoms with Crippen LogP contribution in [0.5, 0.6) is 5.75 Å². The monoisotopic (exact) mass is 418 g/mol. The second-order valence-corrected chi connectivity index (χ2v) is 9.64. The minimum absolute atomic E-state index is 0.260. The van der Waals surface area contributed by atoms with Crippen LogP contribution in [0.1, 0.15) is 0 Å². The van der Waals surface area contributed by atoms with Gasteiger partial charge in [-0.15, -0.1) is 0 Å². The Balaban J connectivity index is 2.63. The molecule has 148 valence electrons. The zero-order chi connectivity index (χ0) is 20.7. The molecule has 0 spiro atoms. The molecule has 3 N–H and O–H groups in total. The molecule has 1 aromatic carbocycles. The molecule has 13 heteroatoms. The fraction of sp³-hybridized carbons (Fsp3) is 0.286. The van der Waals surface area contributed by atoms with Gasteiger partial charge < -0.3 is 15.3 Å². The SMILES string of the molecule is CN(C)C(=O)C1=C(Nc2cccc(S(=O)(=O)N(C)C)c2O)C(=O)NS1(=O)=O. The number of hydrogen-bond donors (Lipinski definition) is 3. The van der Waals surface area contributed by atoms with Crippen LogP contribution in [0.2, 0.25) is 0 Å². The molecule has 0 fully saturated rings. The molecule has 2 amide bonds. The maximum Gasteiger partial charge on any atom is 0.283 e. The number of para-hydroxylation sites is 1. The Morgan fingerprint density at radius 3 is 2.30 bits per heavy atom. The topological polar surface area (TPSA) is 153 Å². The first-order chi connectivity index (χ1) is 12.3. The second-order valence-electron chi connectivity index (χ2n) is 5.90. The summed E-state index contributed by atoms with van der Waals surface area (Å²) in [7, 11) is -3.28. The highest BCUT2D eigenvalue weighted by Crippen LogP contribution is 2.34. The molecule has 1 aromatic rings. The Morgan fingerprint density at radius 2 is 1.78 bits per heavy atom. The van der Waals surface area contributed by atoms with Crippen LogP contribution in [0.3, 0.4) is 0 Å². The number of aromatic hydroxyl groups is 1. The van der Waals surface area contributed by atoms with E-state index in [1.54, 1.807) is 4.72 Å². The average Bonchev–Trinajstić information content (AvgIpc) is 2.76. The first kappa shape index (κ1) is 20.7. The molecule has 2 rings (SSSR count). The lowest BCUT2D eigenvalue weighted by Gasteiger charge is -2.16. The number of anilines is 1. The van der Waals surface area contributed by atoms with Crippen LogP contribution in [0.4, 0.5) is 5.69 Å². The third-order valence-electron chi connectivity index (χ3n) is 3.57. The van der Waals surface area contributed by atoms with Crippen molar-refractivity contribution in [1.82, 2.24) is 13.9 Å². The Kier molecular flexibility index (Phi) is 5.23. The summed E-state index contributed by atoms with van der Waals surface area (Å²) >= 11 is 0. The minimum Gasteiger partial charge on any atom is -0.504 e. The fourth-order valence-corrected chi connectivity index (χ4v) is 4.43. The summed E-state index contributed by atoms with van der Waals surface area (Å²) in [5.41, 5.74) is -0.882. The first-order valence-corrected chi connectivity index (χ1v) is 10.3. The highest BCUT2D eigenvalue weighted by Gasteiger charge is 2.41. The lowest BCUT2D eigenvalue weighted by Crippen LogP contribution is -2.30. The Hall–Kier alpha value is -2.64. The van der Waals surface area contributed by atoms with Gasteiger partial charge in [0.15, 0.2) is 10.7 Å². The van der Waals surface area contributed by atoms with Crippen molar-refractivity contribution in [2.45, 2.75) is 4.90 Å². The van der Waals surface area contributed by atoms with Gasteiger partial charge in [0, 0.05) is 28.2 Å². The molecule has 0 saturated carbocycles. The summed E-state index contributed by atoms with van der Waals surface area (Å²) in [6, 6.07) is 3.66. The molecule has 0 bridgehead atoms. The largest absolute Gasteiger partial charge is 0.504 e. The fourth-order valence-electron chi connectivity index (χ4n) is 2.16. The van der Waals surface area contributed by atoms with Gasteiger partial charge in [-0.05, 0) is 12.1 Å². The number of likely N-dealkylation sites (N-methyl/N-ethyl adjacent to an activating group) is 1. The highest BCUT2D eigenvalue weighted by molar-refractivity contribution is 7.95. The van der Waals surface area contributed by atoms with Crippen LogP contribution < -0.4 is 10.0 Å². The van der Waals surface area contributed by atoms with Crippen molar-refractivity contribution < 1.29 is 31.5 Å². The molecule has 1 aliphatic rings. The zero-order valence-electron chi connectivity index (χ0n) is 14.8. The van der Waals surface area contributed by atoms with Gasteiger partial charge in [-0.25, -0.2) is 25.9 Å². The number of hydrogen-bond acceptors (Lipinski definition) is 8. The Bertz CT molecular complexity index is 1060. The van der Waals surface area contributed by atoms with Crippen molar-refractivity contribution in [1.29, 1.82) is 0 Å². The van der Waals surface area contributed by atoms with Crippen LogP contribution in [0.25, 0.3) is 0 Å². The number of carbonyl (C=O) groups excluding carboxylic acids is 2. The lowest BCUT2D eigenvalue weighted by atomic mass is 10.2. The summed E-state index contributed by atoms with van der Waals surface area (Å²) in [6.07, 6.45) is 0. The van der Waals surface area contributed by atoms with Crippen molar-refractivity contribution >= 4 is 37.5 Å². The van der Waals surface area contributed by atoms with E-state index < -0.39 is 53.1 Å². The molecule has 0 unspecified atom stereocenters. The van der Waals surface area contributed by atoms with Gasteiger partial charge in [0.25, 0.3) is 21.8 Å². The molecule has 0 aliphatic carbocycles. The van der Waals surface area contributed by atoms with Gasteiger partial charge in [0.2, 0.25) is 10.0 Å². The molecule has 1 heterocycles. The maximum absolute atomic E-state index is 12.3. The van der Waals surface area contributed by atoms with Crippen LogP contribution in [-0.4, -0.2) is 71.2 Å². The van der Waals surface area contributed by atoms with Crippen molar-refractivity contribution in [2.75, 3.05) is 33.5 Å². The van der Waals surface area contributed by atoms with Gasteiger partial charge in [0.1, 0.15) is 10.6 Å². The number of phenols is 1. The van der Waals surface area contributed by atoms with Crippen molar-refractivity contribution in [3.05, 3.63) is 28.8 Å². The molecular weight excluding hydrogens is 400 g/mol. The predicted molar refractivity (Wildman–Crippen MR) is 95.4 cm³/mol. The van der Waals surface area contributed by atoms with E-state index in [2.05, 4.69) is 5.32 Å². The van der Waals surface area contributed by atoms with Gasteiger partial charge in [-0.2, -0.15) is 0 Å². The predicted octanol–water partition coefficient (Wildman–Crippen LogP) is -1.19. The number of phenolic OH excluding ortho intramolecular Hbond substituents is 1. The van der Waals surface area contributed by atoms with Gasteiger partial charge >= 0.3 is 0 Å². The van der Waals surface area contributed by atoms with E-state index in [1.807, 2.05) is 0 Å². The number of benzene rings is 1. The smallest absolute Gasteiger partial charge is 0.283 e. The number of rotatable bonds is 5. The van der Waals surface area contributed by atoms with Crippen molar-refractivity contribution in [3.8, 4) is 5.75 Å². The van der Waals surface area contributed by atoms with Crippen molar-refractivity contribution in [3.63, 3.8) is 0 Å². The van der Waals surface area contributed by atoms with Gasteiger partial charge in [0.05, 0.1) is 5.69 Å². The summed E-state index contributed by atoms with van der Waals surface area (Å²) in [5, 5.41) is 12.7. The molecule has 0 atom stereocenters. The molecule has 27 heavy (non-hydrogen) atoms. The number of nitrogens with one attached hydrogen (secondary N) is 2. The van der Waals surface area contributed by atoms with Crippen LogP contribution in [0, 0.1) is 0 Å². The summed E-state index contributed by atoms with van der Waals surface area (Å²) in [5.74, 6) is -2.81. The van der Waals surface area contributed by atoms with Gasteiger partial charge in [-0.3, -0.25) is 9.59 Å². The van der Waals surface area contributed by atoms with Crippen LogP contribution >= 0.6 is 0 Å². The lowest BCUT2D eigenvalue weighted by molar-refractivity contribution is -0.124. The summed E-state index contributed by atoms with van der Waals surface area (Å²) in [4.78, 5) is 23.9. The normalized spacial score (nSPS) is 16.4. The average molecular weight is 418 g/mol. The van der Waals surface area contributed by atoms with E-state index in [4.69, 9.17) is 0 Å². The van der Waals surface area contributed by atoms with Crippen LogP contribution in [-0.2, 0) is 29.6 Å². The van der Waals surface area contributed by atoms with E-state index in [0.29, 0.717) is 0 Å². The van der Waals surface area contributed by atoms with E-state index >= 15 is 0 Å². The molecule has 0 radical (unpaired) electrons. The standard InChI is InChI=1S/C14H18N4O7S2/c1-17(2)14(21)12-10(13(20)16-26(12,22)23)15-8-6-5-7-9(11(8)19)27(24,25)18(3)4/h5-7,15,19H,1-4H3,(H,16,20). The highest BCUT2D eigenvalue weighted by atomic mass is 32.2. The number of nitrogens with zero attached hydrogens (tertiary/aromatic N) is 2. The Morgan fingerprint density at radius 1 is 1.19 bits per heavy atom. The van der Waals surface area contributed by atoms with Crippen molar-refractivity contribution in [2.24, 2.45) is 0 Å². The molecule has 0 saturated heterocycles. The zero-order valence-corrected chi connectivity index (χ0v) is 16.5. The third-order valence-corrected chi connectivity index (χ3v) is 6.78. The Labute approximate surface area is 156 Å².